The summed E-state index contributed by atoms with van der Waals surface area (Å²) in [6, 6.07) is 17.4. The molecule has 140 valence electrons. The molecule has 2 nitrogen and oxygen atoms in total. The molecular formula is C22H20Cl3NO. The fourth-order valence-corrected chi connectivity index (χ4v) is 3.69. The van der Waals surface area contributed by atoms with Crippen LogP contribution in [0.5, 0.6) is 5.75 Å². The van der Waals surface area contributed by atoms with Crippen molar-refractivity contribution < 1.29 is 4.74 Å². The predicted octanol–water partition coefficient (Wildman–Crippen LogP) is 7.45. The summed E-state index contributed by atoms with van der Waals surface area (Å²) >= 11 is 18.7. The monoisotopic (exact) mass is 419 g/mol. The van der Waals surface area contributed by atoms with Gasteiger partial charge in [-0.25, -0.2) is 0 Å². The number of hydrogen-bond donors (Lipinski definition) is 1. The van der Waals surface area contributed by atoms with Crippen molar-refractivity contribution in [2.24, 2.45) is 0 Å². The third-order valence-electron chi connectivity index (χ3n) is 4.21. The summed E-state index contributed by atoms with van der Waals surface area (Å²) in [6.07, 6.45) is 0. The van der Waals surface area contributed by atoms with Crippen LogP contribution in [0.2, 0.25) is 15.1 Å². The molecule has 3 aromatic rings. The molecule has 1 N–H and O–H groups in total. The summed E-state index contributed by atoms with van der Waals surface area (Å²) in [5, 5.41) is 5.18. The predicted molar refractivity (Wildman–Crippen MR) is 115 cm³/mol. The van der Waals surface area contributed by atoms with Gasteiger partial charge in [0.05, 0.1) is 5.02 Å². The Morgan fingerprint density at radius 1 is 0.889 bits per heavy atom. The number of nitrogens with one attached hydrogen (secondary N) is 1. The topological polar surface area (TPSA) is 21.3 Å². The lowest BCUT2D eigenvalue weighted by Crippen LogP contribution is -2.05. The van der Waals surface area contributed by atoms with E-state index in [0.29, 0.717) is 34.0 Å². The number of halogens is 3. The number of rotatable bonds is 6. The highest BCUT2D eigenvalue weighted by atomic mass is 35.5. The second kappa shape index (κ2) is 8.88. The minimum Gasteiger partial charge on any atom is -0.487 e. The highest BCUT2D eigenvalue weighted by molar-refractivity contribution is 6.35. The van der Waals surface area contributed by atoms with Crippen LogP contribution in [-0.4, -0.2) is 0 Å². The van der Waals surface area contributed by atoms with E-state index in [9.17, 15) is 0 Å². The Kier molecular flexibility index (Phi) is 6.54. The molecular weight excluding hydrogens is 401 g/mol. The molecule has 0 aliphatic heterocycles. The summed E-state index contributed by atoms with van der Waals surface area (Å²) in [5.41, 5.74) is 5.35. The summed E-state index contributed by atoms with van der Waals surface area (Å²) in [6.45, 7) is 5.08. The maximum Gasteiger partial charge on any atom is 0.143 e. The smallest absolute Gasteiger partial charge is 0.143 e. The Labute approximate surface area is 175 Å². The van der Waals surface area contributed by atoms with Crippen LogP contribution < -0.4 is 10.1 Å². The molecule has 5 heteroatoms. The summed E-state index contributed by atoms with van der Waals surface area (Å²) < 4.78 is 6.01. The van der Waals surface area contributed by atoms with Crippen molar-refractivity contribution in [3.63, 3.8) is 0 Å². The van der Waals surface area contributed by atoms with Gasteiger partial charge in [0, 0.05) is 27.8 Å². The Balaban J connectivity index is 1.79. The minimum absolute atomic E-state index is 0.373. The van der Waals surface area contributed by atoms with Crippen molar-refractivity contribution >= 4 is 40.5 Å². The van der Waals surface area contributed by atoms with Crippen LogP contribution in [0.25, 0.3) is 0 Å². The molecule has 3 rings (SSSR count). The zero-order valence-corrected chi connectivity index (χ0v) is 17.4. The first-order chi connectivity index (χ1) is 12.9. The second-order valence-corrected chi connectivity index (χ2v) is 7.75. The number of ether oxygens (including phenoxy) is 1. The molecule has 0 radical (unpaired) electrons. The largest absolute Gasteiger partial charge is 0.487 e. The maximum absolute atomic E-state index is 6.40. The Morgan fingerprint density at radius 2 is 1.70 bits per heavy atom. The van der Waals surface area contributed by atoms with Crippen molar-refractivity contribution in [2.45, 2.75) is 27.0 Å². The van der Waals surface area contributed by atoms with E-state index in [1.165, 1.54) is 11.1 Å². The molecule has 0 saturated carbocycles. The third-order valence-corrected chi connectivity index (χ3v) is 4.94. The highest BCUT2D eigenvalue weighted by Gasteiger charge is 2.12. The second-order valence-electron chi connectivity index (χ2n) is 6.47. The molecule has 0 amide bonds. The average molecular weight is 421 g/mol. The number of aryl methyl sites for hydroxylation is 2. The molecule has 0 aliphatic carbocycles. The van der Waals surface area contributed by atoms with Crippen LogP contribution in [0, 0.1) is 13.8 Å². The van der Waals surface area contributed by atoms with Crippen LogP contribution in [0.15, 0.2) is 54.6 Å². The van der Waals surface area contributed by atoms with E-state index in [1.54, 1.807) is 6.07 Å². The van der Waals surface area contributed by atoms with E-state index in [1.807, 2.05) is 30.3 Å². The Bertz CT molecular complexity index is 956. The maximum atomic E-state index is 6.40. The molecule has 0 atom stereocenters. The molecule has 0 unspecified atom stereocenters. The van der Waals surface area contributed by atoms with Crippen molar-refractivity contribution in [3.05, 3.63) is 91.9 Å². The number of anilines is 1. The molecule has 0 aliphatic rings. The van der Waals surface area contributed by atoms with Crippen molar-refractivity contribution in [3.8, 4) is 5.75 Å². The zero-order chi connectivity index (χ0) is 19.4. The van der Waals surface area contributed by atoms with E-state index < -0.39 is 0 Å². The molecule has 3 aromatic carbocycles. The van der Waals surface area contributed by atoms with E-state index in [0.717, 1.165) is 16.8 Å². The van der Waals surface area contributed by atoms with E-state index >= 15 is 0 Å². The van der Waals surface area contributed by atoms with Crippen molar-refractivity contribution in [2.75, 3.05) is 5.32 Å². The first-order valence-corrected chi connectivity index (χ1v) is 9.72. The van der Waals surface area contributed by atoms with Gasteiger partial charge < -0.3 is 10.1 Å². The van der Waals surface area contributed by atoms with Crippen molar-refractivity contribution in [1.82, 2.24) is 0 Å². The SMILES string of the molecule is Cc1ccc(NCc2cc(Cl)cc(Cl)c2OCc2cccc(Cl)c2)c(C)c1. The lowest BCUT2D eigenvalue weighted by molar-refractivity contribution is 0.303. The Morgan fingerprint density at radius 3 is 2.44 bits per heavy atom. The van der Waals surface area contributed by atoms with Crippen LogP contribution in [-0.2, 0) is 13.2 Å². The molecule has 0 fully saturated rings. The molecule has 0 heterocycles. The van der Waals surface area contributed by atoms with Gasteiger partial charge in [-0.1, -0.05) is 64.6 Å². The summed E-state index contributed by atoms with van der Waals surface area (Å²) in [5.74, 6) is 0.623. The van der Waals surface area contributed by atoms with Crippen LogP contribution in [0.1, 0.15) is 22.3 Å². The normalized spacial score (nSPS) is 10.7. The standard InChI is InChI=1S/C22H20Cl3NO/c1-14-6-7-21(15(2)8-14)26-12-17-10-19(24)11-20(25)22(17)27-13-16-4-3-5-18(23)9-16/h3-11,26H,12-13H2,1-2H3. The van der Waals surface area contributed by atoms with Gasteiger partial charge >= 0.3 is 0 Å². The van der Waals surface area contributed by atoms with Gasteiger partial charge in [-0.3, -0.25) is 0 Å². The average Bonchev–Trinajstić information content (AvgIpc) is 2.60. The quantitative estimate of drug-likeness (QED) is 0.447. The first-order valence-electron chi connectivity index (χ1n) is 8.58. The summed E-state index contributed by atoms with van der Waals surface area (Å²) in [7, 11) is 0. The first kappa shape index (κ1) is 19.9. The molecule has 0 aromatic heterocycles. The van der Waals surface area contributed by atoms with Gasteiger partial charge in [0.15, 0.2) is 0 Å². The van der Waals surface area contributed by atoms with E-state index in [2.05, 4.69) is 37.4 Å². The van der Waals surface area contributed by atoms with Gasteiger partial charge in [0.1, 0.15) is 12.4 Å². The fraction of sp³-hybridized carbons (Fsp3) is 0.182. The highest BCUT2D eigenvalue weighted by Crippen LogP contribution is 2.34. The zero-order valence-electron chi connectivity index (χ0n) is 15.2. The van der Waals surface area contributed by atoms with E-state index in [-0.39, 0.29) is 0 Å². The third kappa shape index (κ3) is 5.32. The van der Waals surface area contributed by atoms with Gasteiger partial charge in [-0.15, -0.1) is 0 Å². The van der Waals surface area contributed by atoms with Crippen LogP contribution in [0.3, 0.4) is 0 Å². The van der Waals surface area contributed by atoms with E-state index in [4.69, 9.17) is 39.5 Å². The number of benzene rings is 3. The molecule has 0 spiro atoms. The van der Waals surface area contributed by atoms with Gasteiger partial charge in [0.2, 0.25) is 0 Å². The fourth-order valence-electron chi connectivity index (χ4n) is 2.89. The summed E-state index contributed by atoms with van der Waals surface area (Å²) in [4.78, 5) is 0. The van der Waals surface area contributed by atoms with Gasteiger partial charge in [-0.05, 0) is 55.3 Å². The number of hydrogen-bond acceptors (Lipinski definition) is 2. The Hall–Kier alpha value is -1.87. The molecule has 27 heavy (non-hydrogen) atoms. The van der Waals surface area contributed by atoms with Crippen molar-refractivity contribution in [1.29, 1.82) is 0 Å². The lowest BCUT2D eigenvalue weighted by Gasteiger charge is -2.16. The molecule has 0 saturated heterocycles. The molecule has 0 bridgehead atoms. The van der Waals surface area contributed by atoms with Crippen LogP contribution in [0.4, 0.5) is 5.69 Å². The lowest BCUT2D eigenvalue weighted by atomic mass is 10.1. The van der Waals surface area contributed by atoms with Crippen LogP contribution >= 0.6 is 34.8 Å². The minimum atomic E-state index is 0.373. The van der Waals surface area contributed by atoms with Gasteiger partial charge in [-0.2, -0.15) is 0 Å². The van der Waals surface area contributed by atoms with Gasteiger partial charge in [0.25, 0.3) is 0 Å².